The fourth-order valence-corrected chi connectivity index (χ4v) is 18.0. The van der Waals surface area contributed by atoms with E-state index in [0.717, 1.165) is 6.42 Å². The van der Waals surface area contributed by atoms with E-state index >= 15 is 0 Å². The quantitative estimate of drug-likeness (QED) is 0.0245. The van der Waals surface area contributed by atoms with E-state index < -0.39 is 171 Å². The molecular formula is C63H111N21O36S6. The topological polar surface area (TPSA) is 707 Å². The number of amides is 18. The van der Waals surface area contributed by atoms with Gasteiger partial charge in [0.15, 0.2) is 0 Å². The number of carbonyl (C=O) groups excluding carboxylic acids is 12. The SMILES string of the molecule is CC(C)CNC(=O)[C@@H]1CC[C@@H]2CN1C(=O)N2OS(=O)(=O)O.CC(C)N(NC(=O)[C@@H]1CC[C@@H]2CN1C(=O)N2OS(=O)(=O)O)C(C)C.CCCNC(=O)[C@@H]1CC[C@@H]2CN1C(=O)N2OS(=O)(=O)O.CCN(CC)NC(=O)[C@@H]1CC[C@@H]2CN1C(=O)N2OS(=O)(=O)O.CCNC(=O)[C@@H]1CC[C@@H]2CN1C(=O)N2OS(=O)(=O)O.CN(C)NC(=O)[C@@H]1CC[C@@H]2CN1C(=O)N2OS(=O)(=O)O. The minimum absolute atomic E-state index is 0.0823. The molecule has 0 aromatic heterocycles. The molecule has 0 aromatic carbocycles. The van der Waals surface area contributed by atoms with Crippen LogP contribution in [0.5, 0.6) is 0 Å². The van der Waals surface area contributed by atoms with Crippen LogP contribution in [0.1, 0.15) is 153 Å². The molecule has 12 fully saturated rings. The maximum atomic E-state index is 12.6. The van der Waals surface area contributed by atoms with Gasteiger partial charge in [-0.3, -0.25) is 72.4 Å². The highest BCUT2D eigenvalue weighted by Gasteiger charge is 2.56. The lowest BCUT2D eigenvalue weighted by atomic mass is 10.00. The molecule has 0 spiro atoms. The molecule has 126 heavy (non-hydrogen) atoms. The molecule has 12 aliphatic heterocycles. The lowest BCUT2D eigenvalue weighted by molar-refractivity contribution is -0.133. The summed E-state index contributed by atoms with van der Waals surface area (Å²) in [5, 5.41) is 16.8. The van der Waals surface area contributed by atoms with Gasteiger partial charge in [0.05, 0.1) is 36.3 Å². The van der Waals surface area contributed by atoms with Crippen molar-refractivity contribution in [3.63, 3.8) is 0 Å². The van der Waals surface area contributed by atoms with E-state index in [1.807, 2.05) is 62.3 Å². The first-order valence-electron chi connectivity index (χ1n) is 39.9. The molecule has 63 heteroatoms. The molecule has 0 aromatic rings. The van der Waals surface area contributed by atoms with Gasteiger partial charge in [0.25, 0.3) is 17.7 Å². The Morgan fingerprint density at radius 2 is 0.563 bits per heavy atom. The van der Waals surface area contributed by atoms with Crippen LogP contribution in [-0.2, 0) is 117 Å². The molecule has 12 aliphatic rings. The molecule has 12 heterocycles. The first-order valence-corrected chi connectivity index (χ1v) is 48.1. The maximum Gasteiger partial charge on any atom is 0.418 e. The van der Waals surface area contributed by atoms with Crippen LogP contribution in [0.4, 0.5) is 28.8 Å². The lowest BCUT2D eigenvalue weighted by Crippen LogP contribution is -2.57. The Morgan fingerprint density at radius 3 is 0.770 bits per heavy atom. The summed E-state index contributed by atoms with van der Waals surface area (Å²) in [6.45, 7) is 23.1. The number of hydrogen-bond donors (Lipinski definition) is 12. The highest BCUT2D eigenvalue weighted by atomic mass is 32.3. The highest BCUT2D eigenvalue weighted by Crippen LogP contribution is 2.37. The zero-order chi connectivity index (χ0) is 94.7. The number of nitrogens with one attached hydrogen (secondary N) is 6. The number of hydrogen-bond acceptors (Lipinski definition) is 33. The Hall–Kier alpha value is -8.46. The molecule has 18 amide bonds. The number of carbonyl (C=O) groups is 12. The molecule has 0 saturated carbocycles. The van der Waals surface area contributed by atoms with E-state index in [2.05, 4.69) is 57.9 Å². The van der Waals surface area contributed by atoms with E-state index in [-0.39, 0.29) is 86.8 Å². The Morgan fingerprint density at radius 1 is 0.341 bits per heavy atom. The Kier molecular flexibility index (Phi) is 35.9. The summed E-state index contributed by atoms with van der Waals surface area (Å²) in [5.41, 5.74) is 8.10. The van der Waals surface area contributed by atoms with Gasteiger partial charge in [-0.1, -0.05) is 34.6 Å². The Balaban J connectivity index is 0.000000208. The van der Waals surface area contributed by atoms with Gasteiger partial charge in [-0.15, -0.1) is 25.7 Å². The van der Waals surface area contributed by atoms with Crippen molar-refractivity contribution in [2.75, 3.05) is 86.1 Å². The van der Waals surface area contributed by atoms with Gasteiger partial charge in [0.1, 0.15) is 36.3 Å². The monoisotopic (exact) mass is 1930 g/mol. The van der Waals surface area contributed by atoms with Gasteiger partial charge in [0, 0.05) is 98.2 Å². The zero-order valence-electron chi connectivity index (χ0n) is 70.7. The van der Waals surface area contributed by atoms with Crippen molar-refractivity contribution in [2.45, 2.75) is 237 Å². The molecular weight excluding hydrogens is 1820 g/mol. The van der Waals surface area contributed by atoms with Gasteiger partial charge in [0.2, 0.25) is 17.7 Å². The number of likely N-dealkylation sites (N-methyl/N-ethyl adjacent to an activating group) is 1. The summed E-state index contributed by atoms with van der Waals surface area (Å²) >= 11 is 0. The summed E-state index contributed by atoms with van der Waals surface area (Å²) in [6.07, 6.45) is 5.74. The van der Waals surface area contributed by atoms with E-state index in [4.69, 9.17) is 27.3 Å². The van der Waals surface area contributed by atoms with E-state index in [0.29, 0.717) is 146 Å². The molecule has 0 aliphatic carbocycles. The molecule has 12 bridgehead atoms. The summed E-state index contributed by atoms with van der Waals surface area (Å²) < 4.78 is 207. The van der Waals surface area contributed by atoms with Crippen LogP contribution < -0.4 is 32.2 Å². The molecule has 12 atom stereocenters. The number of nitrogens with zero attached hydrogens (tertiary/aromatic N) is 15. The fourth-order valence-electron chi connectivity index (χ4n) is 15.7. The van der Waals surface area contributed by atoms with Crippen molar-refractivity contribution < 1.29 is 161 Å². The normalized spacial score (nSPS) is 25.6. The second kappa shape index (κ2) is 43.3. The van der Waals surface area contributed by atoms with Crippen LogP contribution in [0.3, 0.4) is 0 Å². The van der Waals surface area contributed by atoms with Crippen LogP contribution in [0, 0.1) is 5.92 Å². The van der Waals surface area contributed by atoms with Gasteiger partial charge < -0.3 is 45.3 Å². The van der Waals surface area contributed by atoms with Crippen LogP contribution in [0.2, 0.25) is 0 Å². The van der Waals surface area contributed by atoms with Crippen molar-refractivity contribution in [3.8, 4) is 0 Å². The van der Waals surface area contributed by atoms with Gasteiger partial charge in [-0.25, -0.2) is 43.8 Å². The number of rotatable bonds is 30. The molecule has 720 valence electrons. The second-order valence-corrected chi connectivity index (χ2v) is 37.5. The van der Waals surface area contributed by atoms with Crippen molar-refractivity contribution in [1.82, 2.24) is 107 Å². The second-order valence-electron chi connectivity index (χ2n) is 31.5. The lowest BCUT2D eigenvalue weighted by Gasteiger charge is -2.35. The van der Waals surface area contributed by atoms with E-state index in [9.17, 15) is 108 Å². The average Bonchev–Trinajstić information content (AvgIpc) is 1.66. The minimum atomic E-state index is -4.79. The van der Waals surface area contributed by atoms with Crippen LogP contribution in [-0.4, -0.2) is 395 Å². The number of fused-ring (bicyclic) bond motifs is 12. The standard InChI is InChI=1S/C13H24N4O6S.C11H20N4O6S.C11H19N3O6S.C10H17N3O6S.C9H16N4O6S.C9H15N3O6S/c1-8(2)16(9(3)4)14-12(18)11-6-5-10-7-15(11)13(19)17(10)23-24(20,21)22;1-3-13(4-2)12-10(16)9-6-5-8-7-14(9)11(17)15(8)21-22(18,19)20;1-7(2)5-12-10(15)9-4-3-8-6-13(9)11(16)14(8)20-21(17,18)19;1-2-5-11-9(14)8-4-3-7-6-12(8)10(15)13(7)19-20(16,17)18;1-11(2)10-8(14)7-4-3-6-5-12(7)9(15)13(6)19-20(16,17)18;1-2-10-8(13)7-4-3-6-5-11(7)9(14)12(6)18-19(15,16)17/h8-11H,5-7H2,1-4H3,(H,14,18)(H,20,21,22);8-9H,3-7H2,1-2H3,(H,12,16)(H,18,19,20);7-9H,3-6H2,1-2H3,(H,12,15)(H,17,18,19);7-8H,2-6H2,1H3,(H,11,14)(H,16,17,18);6-7H,3-5H2,1-2H3,(H,10,14)(H,16,17,18);6-7H,2-5H2,1H3,(H,10,13)(H,15,16,17)/t10-,11+;2*8-,9+;7-,8+;2*6-,7+/m111111/s1. The van der Waals surface area contributed by atoms with Crippen molar-refractivity contribution >= 4 is 134 Å². The van der Waals surface area contributed by atoms with Crippen LogP contribution in [0.25, 0.3) is 0 Å². The smallest absolute Gasteiger partial charge is 0.355 e. The van der Waals surface area contributed by atoms with Crippen molar-refractivity contribution in [2.24, 2.45) is 5.92 Å². The van der Waals surface area contributed by atoms with E-state index in [1.54, 1.807) is 31.0 Å². The van der Waals surface area contributed by atoms with E-state index in [1.165, 1.54) is 34.4 Å². The summed E-state index contributed by atoms with van der Waals surface area (Å²) in [4.78, 5) is 153. The summed E-state index contributed by atoms with van der Waals surface area (Å²) in [7, 11) is -25.3. The number of piperidine rings is 6. The van der Waals surface area contributed by atoms with Gasteiger partial charge in [-0.05, 0) is 124 Å². The molecule has 12 saturated heterocycles. The van der Waals surface area contributed by atoms with Crippen molar-refractivity contribution in [1.29, 1.82) is 0 Å². The first-order chi connectivity index (χ1) is 58.3. The third kappa shape index (κ3) is 28.3. The predicted octanol–water partition coefficient (Wildman–Crippen LogP) is -3.51. The largest absolute Gasteiger partial charge is 0.418 e. The highest BCUT2D eigenvalue weighted by molar-refractivity contribution is 7.82. The Bertz CT molecular complexity index is 4690. The maximum absolute atomic E-state index is 12.6. The summed E-state index contributed by atoms with van der Waals surface area (Å²) in [6, 6.07) is -11.1. The van der Waals surface area contributed by atoms with Crippen LogP contribution >= 0.6 is 0 Å². The van der Waals surface area contributed by atoms with Gasteiger partial charge in [-0.2, -0.15) is 80.9 Å². The Labute approximate surface area is 727 Å². The molecule has 12 N–H and O–H groups in total. The third-order valence-electron chi connectivity index (χ3n) is 21.1. The molecule has 0 radical (unpaired) electrons. The van der Waals surface area contributed by atoms with Crippen LogP contribution in [0.15, 0.2) is 0 Å². The molecule has 0 unspecified atom stereocenters. The van der Waals surface area contributed by atoms with Gasteiger partial charge >= 0.3 is 98.6 Å². The number of hydrazine groups is 3. The fraction of sp³-hybridized carbons (Fsp3) is 0.810. The number of hydroxylamine groups is 12. The summed E-state index contributed by atoms with van der Waals surface area (Å²) in [5.74, 6) is -1.49. The zero-order valence-corrected chi connectivity index (χ0v) is 75.6. The molecule has 12 rings (SSSR count). The van der Waals surface area contributed by atoms with Crippen molar-refractivity contribution in [3.05, 3.63) is 0 Å². The first kappa shape index (κ1) is 105. The average molecular weight is 1930 g/mol. The number of urea groups is 6. The minimum Gasteiger partial charge on any atom is -0.355 e. The predicted molar refractivity (Wildman–Crippen MR) is 423 cm³/mol. The molecule has 57 nitrogen and oxygen atoms in total. The third-order valence-corrected chi connectivity index (χ3v) is 23.2.